The van der Waals surface area contributed by atoms with Crippen LogP contribution in [0.1, 0.15) is 82.6 Å². The average Bonchev–Trinajstić information content (AvgIpc) is 2.62. The summed E-state index contributed by atoms with van der Waals surface area (Å²) >= 11 is 0. The molecule has 0 spiro atoms. The molecule has 2 fully saturated rings. The van der Waals surface area contributed by atoms with E-state index in [-0.39, 0.29) is 0 Å². The van der Waals surface area contributed by atoms with Crippen molar-refractivity contribution in [3.05, 3.63) is 39.7 Å². The summed E-state index contributed by atoms with van der Waals surface area (Å²) in [5, 5.41) is 10.8. The molecule has 2 aliphatic rings. The number of nitro benzene ring substituents is 1. The molecule has 3 nitrogen and oxygen atoms in total. The Bertz CT molecular complexity index is 596. The molecule has 0 aliphatic heterocycles. The minimum Gasteiger partial charge on any atom is -0.258 e. The molecule has 2 unspecified atom stereocenters. The minimum atomic E-state index is -0.690. The molecule has 0 amide bonds. The lowest BCUT2D eigenvalue weighted by Gasteiger charge is -2.38. The van der Waals surface area contributed by atoms with Gasteiger partial charge >= 0.3 is 5.69 Å². The van der Waals surface area contributed by atoms with Crippen LogP contribution in [-0.4, -0.2) is 4.92 Å². The second kappa shape index (κ2) is 8.29. The first-order valence-corrected chi connectivity index (χ1v) is 10.0. The molecule has 2 atom stereocenters. The number of benzene rings is 1. The smallest absolute Gasteiger partial charge is 0.258 e. The van der Waals surface area contributed by atoms with Crippen molar-refractivity contribution in [1.82, 2.24) is 0 Å². The van der Waals surface area contributed by atoms with Crippen LogP contribution < -0.4 is 0 Å². The van der Waals surface area contributed by atoms with Gasteiger partial charge in [-0.3, -0.25) is 10.1 Å². The van der Waals surface area contributed by atoms with E-state index < -0.39 is 16.4 Å². The lowest BCUT2D eigenvalue weighted by Crippen LogP contribution is -2.26. The van der Waals surface area contributed by atoms with Crippen LogP contribution in [0.4, 0.5) is 10.1 Å². The predicted molar refractivity (Wildman–Crippen MR) is 98.1 cm³/mol. The van der Waals surface area contributed by atoms with Gasteiger partial charge in [0.25, 0.3) is 0 Å². The van der Waals surface area contributed by atoms with Crippen molar-refractivity contribution in [1.29, 1.82) is 0 Å². The highest BCUT2D eigenvalue weighted by Crippen LogP contribution is 2.45. The van der Waals surface area contributed by atoms with Crippen LogP contribution in [0, 0.1) is 33.7 Å². The number of rotatable bonds is 5. The van der Waals surface area contributed by atoms with Gasteiger partial charge in [-0.05, 0) is 61.0 Å². The third-order valence-corrected chi connectivity index (χ3v) is 6.61. The highest BCUT2D eigenvalue weighted by atomic mass is 19.1. The molecule has 4 heteroatoms. The summed E-state index contributed by atoms with van der Waals surface area (Å²) in [6, 6.07) is 4.51. The van der Waals surface area contributed by atoms with Crippen molar-refractivity contribution >= 4 is 5.69 Å². The van der Waals surface area contributed by atoms with E-state index in [2.05, 4.69) is 6.92 Å². The Labute approximate surface area is 150 Å². The first kappa shape index (κ1) is 18.3. The van der Waals surface area contributed by atoms with Gasteiger partial charge in [-0.25, -0.2) is 0 Å². The topological polar surface area (TPSA) is 43.1 Å². The standard InChI is InChI=1S/C21H30FNO2/c1-2-4-15-7-9-16(10-8-15)17-5-3-6-18(13-17)19-11-12-21(23(24)25)20(22)14-19/h11-12,14-18H,2-10,13H2,1H3. The molecule has 1 aromatic carbocycles. The summed E-state index contributed by atoms with van der Waals surface area (Å²) in [5.41, 5.74) is 0.540. The number of hydrogen-bond donors (Lipinski definition) is 0. The molecule has 0 heterocycles. The fourth-order valence-electron chi connectivity index (χ4n) is 5.24. The van der Waals surface area contributed by atoms with Gasteiger partial charge < -0.3 is 0 Å². The predicted octanol–water partition coefficient (Wildman–Crippen LogP) is 6.61. The third-order valence-electron chi connectivity index (χ3n) is 6.61. The summed E-state index contributed by atoms with van der Waals surface area (Å²) in [6.07, 6.45) is 12.9. The van der Waals surface area contributed by atoms with Crippen LogP contribution in [0.15, 0.2) is 18.2 Å². The van der Waals surface area contributed by atoms with Gasteiger partial charge in [0.2, 0.25) is 5.82 Å². The van der Waals surface area contributed by atoms with Crippen molar-refractivity contribution < 1.29 is 9.31 Å². The molecule has 2 saturated carbocycles. The molecule has 0 bridgehead atoms. The quantitative estimate of drug-likeness (QED) is 0.444. The second-order valence-corrected chi connectivity index (χ2v) is 8.16. The molecule has 0 radical (unpaired) electrons. The van der Waals surface area contributed by atoms with Crippen LogP contribution in [0.3, 0.4) is 0 Å². The first-order valence-electron chi connectivity index (χ1n) is 10.0. The van der Waals surface area contributed by atoms with E-state index >= 15 is 0 Å². The van der Waals surface area contributed by atoms with Crippen LogP contribution >= 0.6 is 0 Å². The molecule has 0 saturated heterocycles. The van der Waals surface area contributed by atoms with E-state index in [1.807, 2.05) is 0 Å². The lowest BCUT2D eigenvalue weighted by atomic mass is 9.67. The van der Waals surface area contributed by atoms with Gasteiger partial charge in [0, 0.05) is 6.07 Å². The second-order valence-electron chi connectivity index (χ2n) is 8.16. The highest BCUT2D eigenvalue weighted by molar-refractivity contribution is 5.36. The number of halogens is 1. The van der Waals surface area contributed by atoms with Crippen molar-refractivity contribution in [3.8, 4) is 0 Å². The van der Waals surface area contributed by atoms with Gasteiger partial charge in [0.1, 0.15) is 0 Å². The maximum Gasteiger partial charge on any atom is 0.304 e. The summed E-state index contributed by atoms with van der Waals surface area (Å²) in [6.45, 7) is 2.28. The fourth-order valence-corrected chi connectivity index (χ4v) is 5.24. The minimum absolute atomic E-state index is 0.363. The van der Waals surface area contributed by atoms with E-state index in [0.29, 0.717) is 5.92 Å². The zero-order valence-corrected chi connectivity index (χ0v) is 15.3. The maximum atomic E-state index is 14.0. The normalized spacial score (nSPS) is 30.2. The Balaban J connectivity index is 1.62. The van der Waals surface area contributed by atoms with Crippen molar-refractivity contribution in [3.63, 3.8) is 0 Å². The SMILES string of the molecule is CCCC1CCC(C2CCCC(c3ccc([N+](=O)[O-])c(F)c3)C2)CC1. The van der Waals surface area contributed by atoms with Gasteiger partial charge in [0.15, 0.2) is 0 Å². The Morgan fingerprint density at radius 3 is 2.52 bits per heavy atom. The molecule has 1 aromatic rings. The van der Waals surface area contributed by atoms with E-state index in [4.69, 9.17) is 0 Å². The molecule has 0 N–H and O–H groups in total. The largest absolute Gasteiger partial charge is 0.304 e. The van der Waals surface area contributed by atoms with Crippen LogP contribution in [-0.2, 0) is 0 Å². The molecule has 25 heavy (non-hydrogen) atoms. The van der Waals surface area contributed by atoms with Crippen molar-refractivity contribution in [2.75, 3.05) is 0 Å². The number of nitrogens with zero attached hydrogens (tertiary/aromatic N) is 1. The van der Waals surface area contributed by atoms with E-state index in [1.54, 1.807) is 6.07 Å². The van der Waals surface area contributed by atoms with Crippen molar-refractivity contribution in [2.45, 2.75) is 77.0 Å². The highest BCUT2D eigenvalue weighted by Gasteiger charge is 2.32. The molecular formula is C21H30FNO2. The zero-order chi connectivity index (χ0) is 17.8. The molecule has 138 valence electrons. The van der Waals surface area contributed by atoms with E-state index in [0.717, 1.165) is 36.2 Å². The van der Waals surface area contributed by atoms with Crippen LogP contribution in [0.25, 0.3) is 0 Å². The molecular weight excluding hydrogens is 317 g/mol. The van der Waals surface area contributed by atoms with Crippen LogP contribution in [0.2, 0.25) is 0 Å². The van der Waals surface area contributed by atoms with Gasteiger partial charge in [-0.15, -0.1) is 0 Å². The summed E-state index contributed by atoms with van der Waals surface area (Å²) in [4.78, 5) is 10.2. The van der Waals surface area contributed by atoms with Gasteiger partial charge in [-0.1, -0.05) is 51.5 Å². The summed E-state index contributed by atoms with van der Waals surface area (Å²) in [5.74, 6) is 2.19. The number of nitro groups is 1. The van der Waals surface area contributed by atoms with E-state index in [9.17, 15) is 14.5 Å². The zero-order valence-electron chi connectivity index (χ0n) is 15.3. The Morgan fingerprint density at radius 1 is 1.12 bits per heavy atom. The molecule has 2 aliphatic carbocycles. The summed E-state index contributed by atoms with van der Waals surface area (Å²) < 4.78 is 14.0. The maximum absolute atomic E-state index is 14.0. The van der Waals surface area contributed by atoms with Gasteiger partial charge in [-0.2, -0.15) is 4.39 Å². The molecule has 3 rings (SSSR count). The van der Waals surface area contributed by atoms with Crippen LogP contribution in [0.5, 0.6) is 0 Å². The van der Waals surface area contributed by atoms with Gasteiger partial charge in [0.05, 0.1) is 4.92 Å². The first-order chi connectivity index (χ1) is 12.1. The molecule has 0 aromatic heterocycles. The Hall–Kier alpha value is -1.45. The van der Waals surface area contributed by atoms with Crippen molar-refractivity contribution in [2.24, 2.45) is 17.8 Å². The fraction of sp³-hybridized carbons (Fsp3) is 0.714. The number of hydrogen-bond acceptors (Lipinski definition) is 2. The monoisotopic (exact) mass is 347 g/mol. The average molecular weight is 347 g/mol. The van der Waals surface area contributed by atoms with E-state index in [1.165, 1.54) is 63.5 Å². The lowest BCUT2D eigenvalue weighted by molar-refractivity contribution is -0.387. The third kappa shape index (κ3) is 4.39. The Morgan fingerprint density at radius 2 is 1.88 bits per heavy atom. The summed E-state index contributed by atoms with van der Waals surface area (Å²) in [7, 11) is 0. The Kier molecular flexibility index (Phi) is 6.08.